The topological polar surface area (TPSA) is 99.3 Å². The fourth-order valence-electron chi connectivity index (χ4n) is 1.03. The third-order valence-electron chi connectivity index (χ3n) is 1.91. The van der Waals surface area contributed by atoms with Gasteiger partial charge in [-0.15, -0.1) is 9.81 Å². The first-order valence-corrected chi connectivity index (χ1v) is 4.90. The molecule has 0 aliphatic heterocycles. The summed E-state index contributed by atoms with van der Waals surface area (Å²) < 4.78 is 0. The molecule has 0 saturated heterocycles. The third-order valence-corrected chi connectivity index (χ3v) is 1.91. The lowest BCUT2D eigenvalue weighted by molar-refractivity contribution is 0.475. The maximum absolute atomic E-state index is 9.79. The van der Waals surface area contributed by atoms with Crippen molar-refractivity contribution >= 4 is 34.4 Å². The summed E-state index contributed by atoms with van der Waals surface area (Å²) in [5, 5.41) is 22.7. The number of rotatable bonds is 2. The van der Waals surface area contributed by atoms with Crippen LogP contribution in [-0.4, -0.2) is 33.3 Å². The van der Waals surface area contributed by atoms with Crippen LogP contribution in [0.2, 0.25) is 0 Å². The molecule has 0 saturated carbocycles. The summed E-state index contributed by atoms with van der Waals surface area (Å²) >= 11 is 0. The average molecular weight is 271 g/mol. The zero-order valence-electron chi connectivity index (χ0n) is 9.93. The minimum Gasteiger partial charge on any atom is -0.508 e. The molecular weight excluding hydrogens is 260 g/mol. The van der Waals surface area contributed by atoms with Crippen LogP contribution < -0.4 is 0 Å². The van der Waals surface area contributed by atoms with E-state index in [1.807, 2.05) is 0 Å². The van der Waals surface area contributed by atoms with E-state index in [4.69, 9.17) is 10.2 Å². The van der Waals surface area contributed by atoms with Crippen molar-refractivity contribution in [2.45, 2.75) is 0 Å². The Hall–Kier alpha value is -1.99. The lowest BCUT2D eigenvalue weighted by atomic mass is 10.3. The Morgan fingerprint density at radius 1 is 0.632 bits per heavy atom. The number of hydrogen-bond acceptors (Lipinski definition) is 6. The number of nitrogens with zero attached hydrogens (tertiary/aromatic N) is 2. The maximum atomic E-state index is 9.79. The van der Waals surface area contributed by atoms with Crippen LogP contribution in [-0.2, 0) is 0 Å². The molecule has 0 bridgehead atoms. The first-order chi connectivity index (χ1) is 8.65. The SMILES string of the molecule is O=Nc1ccc(O)cc1.O=Nc1ccc(O)cc1.[Mg]. The van der Waals surface area contributed by atoms with Gasteiger partial charge in [0.1, 0.15) is 22.9 Å². The van der Waals surface area contributed by atoms with Gasteiger partial charge in [-0.3, -0.25) is 0 Å². The van der Waals surface area contributed by atoms with Crippen LogP contribution in [0.15, 0.2) is 58.9 Å². The molecule has 2 aromatic carbocycles. The van der Waals surface area contributed by atoms with Crippen LogP contribution >= 0.6 is 0 Å². The predicted molar refractivity (Wildman–Crippen MR) is 72.9 cm³/mol. The number of hydrogen-bond donors (Lipinski definition) is 2. The van der Waals surface area contributed by atoms with E-state index in [0.29, 0.717) is 11.4 Å². The van der Waals surface area contributed by atoms with Gasteiger partial charge in [0.2, 0.25) is 0 Å². The second kappa shape index (κ2) is 9.01. The van der Waals surface area contributed by atoms with Crippen molar-refractivity contribution < 1.29 is 10.2 Å². The van der Waals surface area contributed by atoms with Gasteiger partial charge in [-0.1, -0.05) is 0 Å². The van der Waals surface area contributed by atoms with Crippen molar-refractivity contribution in [1.29, 1.82) is 0 Å². The molecule has 0 aliphatic carbocycles. The van der Waals surface area contributed by atoms with Gasteiger partial charge < -0.3 is 10.2 Å². The molecule has 0 amide bonds. The van der Waals surface area contributed by atoms with Gasteiger partial charge >= 0.3 is 0 Å². The van der Waals surface area contributed by atoms with Crippen molar-refractivity contribution in [3.63, 3.8) is 0 Å². The van der Waals surface area contributed by atoms with E-state index in [-0.39, 0.29) is 34.6 Å². The molecule has 2 aromatic rings. The number of nitroso groups, excluding NO2 is 2. The highest BCUT2D eigenvalue weighted by molar-refractivity contribution is 5.75. The number of phenolic OH excluding ortho intramolecular Hbond substituents is 2. The van der Waals surface area contributed by atoms with Gasteiger partial charge in [-0.05, 0) is 58.9 Å². The Kier molecular flexibility index (Phi) is 8.06. The Labute approximate surface area is 125 Å². The number of benzene rings is 2. The fraction of sp³-hybridized carbons (Fsp3) is 0. The molecular formula is C12H10MgN2O4. The lowest BCUT2D eigenvalue weighted by Gasteiger charge is -1.87. The van der Waals surface area contributed by atoms with E-state index in [1.54, 1.807) is 0 Å². The summed E-state index contributed by atoms with van der Waals surface area (Å²) in [4.78, 5) is 19.6. The van der Waals surface area contributed by atoms with Crippen LogP contribution in [0.5, 0.6) is 11.5 Å². The summed E-state index contributed by atoms with van der Waals surface area (Å²) in [6.07, 6.45) is 0. The average Bonchev–Trinajstić information content (AvgIpc) is 2.41. The molecule has 2 radical (unpaired) electrons. The van der Waals surface area contributed by atoms with E-state index >= 15 is 0 Å². The predicted octanol–water partition coefficient (Wildman–Crippen LogP) is 3.20. The fourth-order valence-corrected chi connectivity index (χ4v) is 1.03. The molecule has 2 N–H and O–H groups in total. The van der Waals surface area contributed by atoms with Gasteiger partial charge in [-0.25, -0.2) is 0 Å². The number of aromatic hydroxyl groups is 2. The van der Waals surface area contributed by atoms with Crippen LogP contribution in [0.3, 0.4) is 0 Å². The van der Waals surface area contributed by atoms with Crippen molar-refractivity contribution in [2.75, 3.05) is 0 Å². The van der Waals surface area contributed by atoms with Crippen LogP contribution in [0.25, 0.3) is 0 Å². The molecule has 0 spiro atoms. The summed E-state index contributed by atoms with van der Waals surface area (Å²) in [7, 11) is 0. The maximum Gasteiger partial charge on any atom is 0.115 e. The van der Waals surface area contributed by atoms with E-state index in [2.05, 4.69) is 10.4 Å². The molecule has 0 fully saturated rings. The van der Waals surface area contributed by atoms with Gasteiger partial charge in [0, 0.05) is 23.1 Å². The largest absolute Gasteiger partial charge is 0.508 e. The van der Waals surface area contributed by atoms with E-state index in [0.717, 1.165) is 0 Å². The highest BCUT2D eigenvalue weighted by Crippen LogP contribution is 2.16. The van der Waals surface area contributed by atoms with Gasteiger partial charge in [0.15, 0.2) is 0 Å². The van der Waals surface area contributed by atoms with Crippen molar-refractivity contribution in [3.05, 3.63) is 58.3 Å². The Bertz CT molecular complexity index is 465. The van der Waals surface area contributed by atoms with Crippen molar-refractivity contribution in [3.8, 4) is 11.5 Å². The zero-order valence-corrected chi connectivity index (χ0v) is 11.3. The minimum atomic E-state index is 0. The number of phenols is 2. The summed E-state index contributed by atoms with van der Waals surface area (Å²) in [5.41, 5.74) is 0.653. The van der Waals surface area contributed by atoms with E-state index in [1.165, 1.54) is 48.5 Å². The quantitative estimate of drug-likeness (QED) is 0.646. The second-order valence-electron chi connectivity index (χ2n) is 3.22. The van der Waals surface area contributed by atoms with Gasteiger partial charge in [-0.2, -0.15) is 0 Å². The monoisotopic (exact) mass is 270 g/mol. The van der Waals surface area contributed by atoms with Gasteiger partial charge in [0.05, 0.1) is 0 Å². The normalized spacial score (nSPS) is 8.42. The minimum absolute atomic E-state index is 0. The van der Waals surface area contributed by atoms with Crippen LogP contribution in [0.4, 0.5) is 11.4 Å². The smallest absolute Gasteiger partial charge is 0.115 e. The summed E-state index contributed by atoms with van der Waals surface area (Å²) in [6, 6.07) is 11.4. The molecule has 7 heteroatoms. The van der Waals surface area contributed by atoms with Crippen molar-refractivity contribution in [1.82, 2.24) is 0 Å². The summed E-state index contributed by atoms with van der Waals surface area (Å²) in [5.74, 6) is 0.282. The Balaban J connectivity index is 0.000000324. The van der Waals surface area contributed by atoms with E-state index < -0.39 is 0 Å². The first-order valence-electron chi connectivity index (χ1n) is 4.90. The molecule has 0 heterocycles. The molecule has 2 rings (SSSR count). The lowest BCUT2D eigenvalue weighted by Crippen LogP contribution is -1.61. The molecule has 94 valence electrons. The standard InChI is InChI=1S/2C6H5NO2.Mg/c2*8-6-3-1-5(7-9)2-4-6;/h2*1-4,8H;. The van der Waals surface area contributed by atoms with Gasteiger partial charge in [0.25, 0.3) is 0 Å². The Morgan fingerprint density at radius 3 is 1.11 bits per heavy atom. The highest BCUT2D eigenvalue weighted by atomic mass is 24.3. The third kappa shape index (κ3) is 6.48. The van der Waals surface area contributed by atoms with Crippen molar-refractivity contribution in [2.24, 2.45) is 10.4 Å². The highest BCUT2D eigenvalue weighted by Gasteiger charge is 1.88. The van der Waals surface area contributed by atoms with E-state index in [9.17, 15) is 9.81 Å². The second-order valence-corrected chi connectivity index (χ2v) is 3.22. The molecule has 0 aromatic heterocycles. The molecule has 0 atom stereocenters. The molecule has 6 nitrogen and oxygen atoms in total. The zero-order chi connectivity index (χ0) is 13.4. The Morgan fingerprint density at radius 2 is 0.895 bits per heavy atom. The molecule has 0 aliphatic rings. The van der Waals surface area contributed by atoms with Crippen LogP contribution in [0, 0.1) is 9.81 Å². The molecule has 0 unspecified atom stereocenters. The molecule has 19 heavy (non-hydrogen) atoms. The summed E-state index contributed by atoms with van der Waals surface area (Å²) in [6.45, 7) is 0. The first kappa shape index (κ1) is 17.0. The van der Waals surface area contributed by atoms with Crippen LogP contribution in [0.1, 0.15) is 0 Å².